The molecule has 1 N–H and O–H groups in total. The SMILES string of the molecule is O=C(CCNCc1ccc(Cl)cc1)N1CCC2(CC1)OCCO2. The first-order valence-corrected chi connectivity index (χ1v) is 8.56. The van der Waals surface area contributed by atoms with Gasteiger partial charge in [-0.1, -0.05) is 23.7 Å². The predicted molar refractivity (Wildman–Crippen MR) is 88.2 cm³/mol. The number of carbonyl (C=O) groups is 1. The molecule has 2 aliphatic heterocycles. The summed E-state index contributed by atoms with van der Waals surface area (Å²) in [6, 6.07) is 7.73. The van der Waals surface area contributed by atoms with E-state index in [9.17, 15) is 4.79 Å². The number of nitrogens with zero attached hydrogens (tertiary/aromatic N) is 1. The van der Waals surface area contributed by atoms with Crippen molar-refractivity contribution in [3.8, 4) is 0 Å². The maximum Gasteiger partial charge on any atom is 0.223 e. The van der Waals surface area contributed by atoms with Crippen molar-refractivity contribution in [1.82, 2.24) is 10.2 Å². The molecule has 2 aliphatic rings. The first kappa shape index (κ1) is 16.7. The van der Waals surface area contributed by atoms with Crippen LogP contribution in [0.1, 0.15) is 24.8 Å². The van der Waals surface area contributed by atoms with E-state index in [1.54, 1.807) is 0 Å². The molecule has 0 saturated carbocycles. The molecule has 1 aromatic carbocycles. The maximum atomic E-state index is 12.2. The highest BCUT2D eigenvalue weighted by atomic mass is 35.5. The van der Waals surface area contributed by atoms with Gasteiger partial charge in [0.05, 0.1) is 13.2 Å². The van der Waals surface area contributed by atoms with Gasteiger partial charge < -0.3 is 19.7 Å². The average molecular weight is 339 g/mol. The van der Waals surface area contributed by atoms with Crippen molar-refractivity contribution in [3.05, 3.63) is 34.9 Å². The van der Waals surface area contributed by atoms with E-state index in [0.29, 0.717) is 26.2 Å². The van der Waals surface area contributed by atoms with E-state index in [4.69, 9.17) is 21.1 Å². The Balaban J connectivity index is 1.34. The monoisotopic (exact) mass is 338 g/mol. The zero-order chi connectivity index (χ0) is 16.1. The van der Waals surface area contributed by atoms with Crippen LogP contribution in [0.15, 0.2) is 24.3 Å². The Bertz CT molecular complexity index is 519. The summed E-state index contributed by atoms with van der Waals surface area (Å²) in [5, 5.41) is 4.04. The van der Waals surface area contributed by atoms with Crippen LogP contribution in [0.3, 0.4) is 0 Å². The fraction of sp³-hybridized carbons (Fsp3) is 0.588. The summed E-state index contributed by atoms with van der Waals surface area (Å²) in [5.41, 5.74) is 1.16. The number of piperidine rings is 1. The quantitative estimate of drug-likeness (QED) is 0.836. The van der Waals surface area contributed by atoms with Gasteiger partial charge in [-0.15, -0.1) is 0 Å². The molecular formula is C17H23ClN2O3. The minimum Gasteiger partial charge on any atom is -0.347 e. The minimum atomic E-state index is -0.413. The largest absolute Gasteiger partial charge is 0.347 e. The number of benzene rings is 1. The van der Waals surface area contributed by atoms with Gasteiger partial charge in [0, 0.05) is 50.5 Å². The normalized spacial score (nSPS) is 20.1. The second kappa shape index (κ2) is 7.62. The van der Waals surface area contributed by atoms with E-state index in [1.165, 1.54) is 0 Å². The fourth-order valence-corrected chi connectivity index (χ4v) is 3.20. The number of likely N-dealkylation sites (tertiary alicyclic amines) is 1. The smallest absolute Gasteiger partial charge is 0.223 e. The van der Waals surface area contributed by atoms with Crippen LogP contribution in [-0.2, 0) is 20.8 Å². The molecule has 1 spiro atoms. The molecule has 0 aromatic heterocycles. The lowest BCUT2D eigenvalue weighted by Gasteiger charge is -2.37. The van der Waals surface area contributed by atoms with Crippen molar-refractivity contribution in [2.45, 2.75) is 31.6 Å². The lowest BCUT2D eigenvalue weighted by molar-refractivity contribution is -0.187. The summed E-state index contributed by atoms with van der Waals surface area (Å²) >= 11 is 5.86. The number of ether oxygens (including phenoxy) is 2. The van der Waals surface area contributed by atoms with E-state index in [0.717, 1.165) is 43.1 Å². The molecule has 0 unspecified atom stereocenters. The van der Waals surface area contributed by atoms with Gasteiger partial charge in [0.2, 0.25) is 5.91 Å². The zero-order valence-electron chi connectivity index (χ0n) is 13.2. The van der Waals surface area contributed by atoms with Gasteiger partial charge in [-0.05, 0) is 17.7 Å². The third-order valence-corrected chi connectivity index (χ3v) is 4.70. The molecule has 0 bridgehead atoms. The fourth-order valence-electron chi connectivity index (χ4n) is 3.07. The summed E-state index contributed by atoms with van der Waals surface area (Å²) < 4.78 is 11.4. The molecule has 0 atom stereocenters. The molecule has 1 aromatic rings. The van der Waals surface area contributed by atoms with E-state index in [1.807, 2.05) is 29.2 Å². The molecule has 2 fully saturated rings. The highest BCUT2D eigenvalue weighted by Crippen LogP contribution is 2.31. The Hall–Kier alpha value is -1.14. The van der Waals surface area contributed by atoms with E-state index >= 15 is 0 Å². The first-order valence-electron chi connectivity index (χ1n) is 8.18. The van der Waals surface area contributed by atoms with Crippen LogP contribution >= 0.6 is 11.6 Å². The summed E-state index contributed by atoms with van der Waals surface area (Å²) in [6.45, 7) is 4.20. The molecule has 5 nitrogen and oxygen atoms in total. The van der Waals surface area contributed by atoms with Crippen LogP contribution in [0.25, 0.3) is 0 Å². The van der Waals surface area contributed by atoms with Crippen LogP contribution in [0.4, 0.5) is 0 Å². The lowest BCUT2D eigenvalue weighted by Crippen LogP contribution is -2.47. The van der Waals surface area contributed by atoms with Crippen molar-refractivity contribution in [1.29, 1.82) is 0 Å². The van der Waals surface area contributed by atoms with Gasteiger partial charge in [0.1, 0.15) is 0 Å². The molecule has 126 valence electrons. The second-order valence-electron chi connectivity index (χ2n) is 6.04. The van der Waals surface area contributed by atoms with Gasteiger partial charge in [0.15, 0.2) is 5.79 Å². The van der Waals surface area contributed by atoms with Gasteiger partial charge in [-0.3, -0.25) is 4.79 Å². The standard InChI is InChI=1S/C17H23ClN2O3/c18-15-3-1-14(2-4-15)13-19-8-5-16(21)20-9-6-17(7-10-20)22-11-12-23-17/h1-4,19H,5-13H2. The van der Waals surface area contributed by atoms with Crippen molar-refractivity contribution < 1.29 is 14.3 Å². The van der Waals surface area contributed by atoms with Crippen LogP contribution in [-0.4, -0.2) is 49.4 Å². The number of hydrogen-bond donors (Lipinski definition) is 1. The van der Waals surface area contributed by atoms with Crippen LogP contribution in [0.5, 0.6) is 0 Å². The molecule has 2 saturated heterocycles. The molecule has 1 amide bonds. The molecular weight excluding hydrogens is 316 g/mol. The Kier molecular flexibility index (Phi) is 5.54. The Morgan fingerprint density at radius 2 is 1.83 bits per heavy atom. The highest BCUT2D eigenvalue weighted by molar-refractivity contribution is 6.30. The van der Waals surface area contributed by atoms with E-state index in [-0.39, 0.29) is 5.91 Å². The average Bonchev–Trinajstić information content (AvgIpc) is 3.02. The third kappa shape index (κ3) is 4.44. The maximum absolute atomic E-state index is 12.2. The first-order chi connectivity index (χ1) is 11.2. The summed E-state index contributed by atoms with van der Waals surface area (Å²) in [6.07, 6.45) is 2.07. The lowest BCUT2D eigenvalue weighted by atomic mass is 10.0. The Morgan fingerprint density at radius 1 is 1.17 bits per heavy atom. The van der Waals surface area contributed by atoms with Crippen LogP contribution in [0.2, 0.25) is 5.02 Å². The molecule has 0 radical (unpaired) electrons. The van der Waals surface area contributed by atoms with Gasteiger partial charge in [-0.25, -0.2) is 0 Å². The van der Waals surface area contributed by atoms with Crippen LogP contribution in [0, 0.1) is 0 Å². The minimum absolute atomic E-state index is 0.196. The van der Waals surface area contributed by atoms with Crippen molar-refractivity contribution in [3.63, 3.8) is 0 Å². The summed E-state index contributed by atoms with van der Waals surface area (Å²) in [4.78, 5) is 14.2. The summed E-state index contributed by atoms with van der Waals surface area (Å²) in [5.74, 6) is -0.217. The predicted octanol–water partition coefficient (Wildman–Crippen LogP) is 2.19. The number of amides is 1. The van der Waals surface area contributed by atoms with Crippen molar-refractivity contribution in [2.75, 3.05) is 32.8 Å². The number of rotatable bonds is 5. The molecule has 2 heterocycles. The van der Waals surface area contributed by atoms with Gasteiger partial charge in [0.25, 0.3) is 0 Å². The number of carbonyl (C=O) groups excluding carboxylic acids is 1. The number of nitrogens with one attached hydrogen (secondary N) is 1. The third-order valence-electron chi connectivity index (χ3n) is 4.45. The zero-order valence-corrected chi connectivity index (χ0v) is 14.0. The Morgan fingerprint density at radius 3 is 2.48 bits per heavy atom. The van der Waals surface area contributed by atoms with Crippen molar-refractivity contribution in [2.24, 2.45) is 0 Å². The topological polar surface area (TPSA) is 50.8 Å². The van der Waals surface area contributed by atoms with Crippen molar-refractivity contribution >= 4 is 17.5 Å². The second-order valence-corrected chi connectivity index (χ2v) is 6.48. The summed E-state index contributed by atoms with van der Waals surface area (Å²) in [7, 11) is 0. The number of halogens is 1. The Labute approximate surface area is 141 Å². The van der Waals surface area contributed by atoms with Crippen LogP contribution < -0.4 is 5.32 Å². The van der Waals surface area contributed by atoms with Gasteiger partial charge in [-0.2, -0.15) is 0 Å². The molecule has 6 heteroatoms. The highest BCUT2D eigenvalue weighted by Gasteiger charge is 2.40. The molecule has 3 rings (SSSR count). The van der Waals surface area contributed by atoms with E-state index < -0.39 is 5.79 Å². The molecule has 23 heavy (non-hydrogen) atoms. The number of hydrogen-bond acceptors (Lipinski definition) is 4. The van der Waals surface area contributed by atoms with Gasteiger partial charge >= 0.3 is 0 Å². The molecule has 0 aliphatic carbocycles. The van der Waals surface area contributed by atoms with E-state index in [2.05, 4.69) is 5.32 Å².